The Labute approximate surface area is 117 Å². The van der Waals surface area contributed by atoms with E-state index in [9.17, 15) is 9.59 Å². The van der Waals surface area contributed by atoms with E-state index in [4.69, 9.17) is 0 Å². The number of carbonyl (C=O) groups is 2. The Bertz CT molecular complexity index is 650. The fraction of sp³-hybridized carbons (Fsp3) is 0.125. The summed E-state index contributed by atoms with van der Waals surface area (Å²) in [6.45, 7) is 1.88. The maximum absolute atomic E-state index is 12.2. The molecule has 20 heavy (non-hydrogen) atoms. The van der Waals surface area contributed by atoms with Gasteiger partial charge in [0.15, 0.2) is 0 Å². The summed E-state index contributed by atoms with van der Waals surface area (Å²) < 4.78 is 0. The van der Waals surface area contributed by atoms with Crippen LogP contribution in [0.3, 0.4) is 0 Å². The molecule has 0 aromatic heterocycles. The average molecular weight is 268 g/mol. The smallest absolute Gasteiger partial charge is 0.255 e. The van der Waals surface area contributed by atoms with Crippen molar-refractivity contribution < 1.29 is 9.59 Å². The number of rotatable bonds is 3. The topological polar surface area (TPSA) is 58.2 Å². The molecule has 102 valence electrons. The molecule has 0 radical (unpaired) electrons. The monoisotopic (exact) mass is 268 g/mol. The van der Waals surface area contributed by atoms with Crippen LogP contribution >= 0.6 is 0 Å². The summed E-state index contributed by atoms with van der Waals surface area (Å²) in [5.74, 6) is -0.367. The molecule has 0 saturated carbocycles. The predicted octanol–water partition coefficient (Wildman–Crippen LogP) is 2.61. The van der Waals surface area contributed by atoms with Crippen molar-refractivity contribution in [3.63, 3.8) is 0 Å². The van der Waals surface area contributed by atoms with E-state index in [0.717, 1.165) is 5.56 Å². The molecule has 0 heterocycles. The zero-order chi connectivity index (χ0) is 14.5. The molecule has 2 N–H and O–H groups in total. The van der Waals surface area contributed by atoms with Crippen molar-refractivity contribution in [1.82, 2.24) is 5.32 Å². The zero-order valence-electron chi connectivity index (χ0n) is 11.4. The molecular weight excluding hydrogens is 252 g/mol. The summed E-state index contributed by atoms with van der Waals surface area (Å²) in [5, 5.41) is 5.35. The van der Waals surface area contributed by atoms with Crippen molar-refractivity contribution in [2.75, 3.05) is 12.4 Å². The van der Waals surface area contributed by atoms with Gasteiger partial charge in [-0.25, -0.2) is 0 Å². The Hall–Kier alpha value is -2.62. The molecule has 0 saturated heterocycles. The van der Waals surface area contributed by atoms with Crippen LogP contribution in [0.15, 0.2) is 48.5 Å². The van der Waals surface area contributed by atoms with Gasteiger partial charge >= 0.3 is 0 Å². The molecule has 2 amide bonds. The van der Waals surface area contributed by atoms with Crippen molar-refractivity contribution in [3.05, 3.63) is 65.2 Å². The van der Waals surface area contributed by atoms with Gasteiger partial charge in [0, 0.05) is 23.9 Å². The molecule has 2 aromatic rings. The van der Waals surface area contributed by atoms with Gasteiger partial charge in [0.25, 0.3) is 11.8 Å². The van der Waals surface area contributed by atoms with E-state index < -0.39 is 0 Å². The molecule has 2 rings (SSSR count). The summed E-state index contributed by atoms with van der Waals surface area (Å²) in [5.41, 5.74) is 2.64. The second kappa shape index (κ2) is 6.02. The van der Waals surface area contributed by atoms with Crippen molar-refractivity contribution in [1.29, 1.82) is 0 Å². The van der Waals surface area contributed by atoms with Gasteiger partial charge in [0.05, 0.1) is 0 Å². The molecule has 4 nitrogen and oxygen atoms in total. The first-order chi connectivity index (χ1) is 9.61. The van der Waals surface area contributed by atoms with Crippen molar-refractivity contribution in [2.45, 2.75) is 6.92 Å². The second-order valence-electron chi connectivity index (χ2n) is 4.43. The minimum Gasteiger partial charge on any atom is -0.355 e. The third-order valence-electron chi connectivity index (χ3n) is 3.00. The summed E-state index contributed by atoms with van der Waals surface area (Å²) in [6, 6.07) is 14.2. The maximum atomic E-state index is 12.2. The van der Waals surface area contributed by atoms with E-state index in [2.05, 4.69) is 10.6 Å². The van der Waals surface area contributed by atoms with Gasteiger partial charge in [0.2, 0.25) is 0 Å². The number of nitrogens with one attached hydrogen (secondary N) is 2. The molecule has 0 bridgehead atoms. The fourth-order valence-corrected chi connectivity index (χ4v) is 1.91. The quantitative estimate of drug-likeness (QED) is 0.899. The maximum Gasteiger partial charge on any atom is 0.255 e. The first-order valence-corrected chi connectivity index (χ1v) is 6.31. The largest absolute Gasteiger partial charge is 0.355 e. The van der Waals surface area contributed by atoms with E-state index in [0.29, 0.717) is 16.8 Å². The SMILES string of the molecule is CNC(=O)c1cccc(NC(=O)c2ccccc2C)c1. The lowest BCUT2D eigenvalue weighted by Crippen LogP contribution is -2.18. The third-order valence-corrected chi connectivity index (χ3v) is 3.00. The van der Waals surface area contributed by atoms with Crippen LogP contribution < -0.4 is 10.6 Å². The number of hydrogen-bond acceptors (Lipinski definition) is 2. The number of aryl methyl sites for hydroxylation is 1. The second-order valence-corrected chi connectivity index (χ2v) is 4.43. The van der Waals surface area contributed by atoms with Crippen LogP contribution in [0.2, 0.25) is 0 Å². The van der Waals surface area contributed by atoms with Gasteiger partial charge in [-0.15, -0.1) is 0 Å². The third kappa shape index (κ3) is 3.03. The van der Waals surface area contributed by atoms with Gasteiger partial charge in [-0.1, -0.05) is 24.3 Å². The normalized spacial score (nSPS) is 9.90. The van der Waals surface area contributed by atoms with Gasteiger partial charge in [-0.2, -0.15) is 0 Å². The highest BCUT2D eigenvalue weighted by Crippen LogP contribution is 2.14. The van der Waals surface area contributed by atoms with Crippen LogP contribution in [0.5, 0.6) is 0 Å². The molecular formula is C16H16N2O2. The molecule has 0 aliphatic heterocycles. The van der Waals surface area contributed by atoms with Crippen LogP contribution in [0.4, 0.5) is 5.69 Å². The standard InChI is InChI=1S/C16H16N2O2/c1-11-6-3-4-9-14(11)16(20)18-13-8-5-7-12(10-13)15(19)17-2/h3-10H,1-2H3,(H,17,19)(H,18,20). The number of amides is 2. The Balaban J connectivity index is 2.20. The van der Waals surface area contributed by atoms with Crippen molar-refractivity contribution >= 4 is 17.5 Å². The summed E-state index contributed by atoms with van der Waals surface area (Å²) >= 11 is 0. The highest BCUT2D eigenvalue weighted by atomic mass is 16.2. The van der Waals surface area contributed by atoms with E-state index in [1.54, 1.807) is 37.4 Å². The van der Waals surface area contributed by atoms with Gasteiger partial charge in [-0.05, 0) is 36.8 Å². The summed E-state index contributed by atoms with van der Waals surface area (Å²) in [6.07, 6.45) is 0. The molecule has 2 aromatic carbocycles. The van der Waals surface area contributed by atoms with Crippen LogP contribution in [-0.2, 0) is 0 Å². The Kier molecular flexibility index (Phi) is 4.15. The van der Waals surface area contributed by atoms with E-state index in [1.807, 2.05) is 25.1 Å². The van der Waals surface area contributed by atoms with Crippen molar-refractivity contribution in [2.24, 2.45) is 0 Å². The molecule has 0 fully saturated rings. The van der Waals surface area contributed by atoms with E-state index in [1.165, 1.54) is 0 Å². The summed E-state index contributed by atoms with van der Waals surface area (Å²) in [7, 11) is 1.57. The molecule has 0 aliphatic rings. The Morgan fingerprint density at radius 2 is 1.70 bits per heavy atom. The lowest BCUT2D eigenvalue weighted by Gasteiger charge is -2.08. The molecule has 0 atom stereocenters. The number of anilines is 1. The lowest BCUT2D eigenvalue weighted by atomic mass is 10.1. The van der Waals surface area contributed by atoms with Gasteiger partial charge < -0.3 is 10.6 Å². The van der Waals surface area contributed by atoms with Crippen LogP contribution in [0.1, 0.15) is 26.3 Å². The van der Waals surface area contributed by atoms with E-state index >= 15 is 0 Å². The molecule has 0 spiro atoms. The fourth-order valence-electron chi connectivity index (χ4n) is 1.91. The molecule has 4 heteroatoms. The number of hydrogen-bond donors (Lipinski definition) is 2. The van der Waals surface area contributed by atoms with Crippen LogP contribution in [0, 0.1) is 6.92 Å². The molecule has 0 aliphatic carbocycles. The Morgan fingerprint density at radius 1 is 0.950 bits per heavy atom. The minimum atomic E-state index is -0.183. The predicted molar refractivity (Wildman–Crippen MR) is 79.0 cm³/mol. The van der Waals surface area contributed by atoms with Crippen LogP contribution in [-0.4, -0.2) is 18.9 Å². The number of carbonyl (C=O) groups excluding carboxylic acids is 2. The van der Waals surface area contributed by atoms with E-state index in [-0.39, 0.29) is 11.8 Å². The van der Waals surface area contributed by atoms with Crippen molar-refractivity contribution in [3.8, 4) is 0 Å². The van der Waals surface area contributed by atoms with Crippen LogP contribution in [0.25, 0.3) is 0 Å². The van der Waals surface area contributed by atoms with Gasteiger partial charge in [-0.3, -0.25) is 9.59 Å². The highest BCUT2D eigenvalue weighted by Gasteiger charge is 2.09. The summed E-state index contributed by atoms with van der Waals surface area (Å²) in [4.78, 5) is 23.7. The zero-order valence-corrected chi connectivity index (χ0v) is 11.4. The average Bonchev–Trinajstić information content (AvgIpc) is 2.47. The highest BCUT2D eigenvalue weighted by molar-refractivity contribution is 6.06. The number of benzene rings is 2. The Morgan fingerprint density at radius 3 is 2.40 bits per heavy atom. The van der Waals surface area contributed by atoms with Gasteiger partial charge in [0.1, 0.15) is 0 Å². The first-order valence-electron chi connectivity index (χ1n) is 6.31. The lowest BCUT2D eigenvalue weighted by molar-refractivity contribution is 0.0961. The first kappa shape index (κ1) is 13.8. The molecule has 0 unspecified atom stereocenters. The minimum absolute atomic E-state index is 0.183.